The summed E-state index contributed by atoms with van der Waals surface area (Å²) in [6.07, 6.45) is 2.27. The number of rotatable bonds is 2. The van der Waals surface area contributed by atoms with Crippen molar-refractivity contribution in [3.63, 3.8) is 0 Å². The number of piperidine rings is 1. The molecule has 2 aromatic rings. The minimum atomic E-state index is 0.467. The molecule has 4 nitrogen and oxygen atoms in total. The average Bonchev–Trinajstić information content (AvgIpc) is 2.78. The molecule has 1 aliphatic heterocycles. The van der Waals surface area contributed by atoms with Crippen molar-refractivity contribution >= 4 is 23.3 Å². The highest BCUT2D eigenvalue weighted by Gasteiger charge is 2.26. The summed E-state index contributed by atoms with van der Waals surface area (Å²) in [6.45, 7) is 3.40. The Hall–Kier alpha value is -1.33. The predicted octanol–water partition coefficient (Wildman–Crippen LogP) is 3.36. The van der Waals surface area contributed by atoms with E-state index in [4.69, 9.17) is 17.0 Å². The van der Waals surface area contributed by atoms with Gasteiger partial charge in [0.05, 0.1) is 12.6 Å². The fraction of sp³-hybridized carbons (Fsp3) is 0.533. The first-order valence-electron chi connectivity index (χ1n) is 7.09. The molecule has 0 spiro atoms. The highest BCUT2D eigenvalue weighted by Crippen LogP contribution is 2.32. The maximum atomic E-state index is 5.55. The summed E-state index contributed by atoms with van der Waals surface area (Å²) in [4.78, 5) is 5.72. The SMILES string of the molecule is COc1cccc2c1[nH]c(=S)n2C1CCN(C)C(C)C1. The Morgan fingerprint density at radius 3 is 2.90 bits per heavy atom. The molecule has 1 N–H and O–H groups in total. The highest BCUT2D eigenvalue weighted by atomic mass is 32.1. The van der Waals surface area contributed by atoms with Crippen LogP contribution in [-0.2, 0) is 0 Å². The zero-order valence-corrected chi connectivity index (χ0v) is 13.0. The normalized spacial score (nSPS) is 24.1. The number of ether oxygens (including phenoxy) is 1. The molecule has 108 valence electrons. The number of hydrogen-bond acceptors (Lipinski definition) is 3. The molecule has 2 heterocycles. The third-order valence-corrected chi connectivity index (χ3v) is 4.78. The first kappa shape index (κ1) is 13.6. The van der Waals surface area contributed by atoms with Gasteiger partial charge in [0, 0.05) is 18.6 Å². The van der Waals surface area contributed by atoms with E-state index in [0.29, 0.717) is 12.1 Å². The van der Waals surface area contributed by atoms with Crippen molar-refractivity contribution in [2.75, 3.05) is 20.7 Å². The largest absolute Gasteiger partial charge is 0.494 e. The van der Waals surface area contributed by atoms with E-state index in [1.807, 2.05) is 12.1 Å². The number of fused-ring (bicyclic) bond motifs is 1. The summed E-state index contributed by atoms with van der Waals surface area (Å²) in [5, 5.41) is 0. The van der Waals surface area contributed by atoms with Crippen LogP contribution in [0.25, 0.3) is 11.0 Å². The van der Waals surface area contributed by atoms with Gasteiger partial charge < -0.3 is 19.2 Å². The molecule has 0 saturated carbocycles. The number of hydrogen-bond donors (Lipinski definition) is 1. The summed E-state index contributed by atoms with van der Waals surface area (Å²) in [7, 11) is 3.89. The summed E-state index contributed by atoms with van der Waals surface area (Å²) in [5.74, 6) is 0.855. The van der Waals surface area contributed by atoms with Crippen molar-refractivity contribution in [1.82, 2.24) is 14.5 Å². The molecule has 0 amide bonds. The van der Waals surface area contributed by atoms with Crippen molar-refractivity contribution in [1.29, 1.82) is 0 Å². The summed E-state index contributed by atoms with van der Waals surface area (Å²) in [5.41, 5.74) is 2.16. The van der Waals surface area contributed by atoms with Crippen molar-refractivity contribution < 1.29 is 4.74 Å². The van der Waals surface area contributed by atoms with Gasteiger partial charge in [-0.15, -0.1) is 0 Å². The third kappa shape index (κ3) is 2.15. The second kappa shape index (κ2) is 5.22. The predicted molar refractivity (Wildman–Crippen MR) is 84.0 cm³/mol. The van der Waals surface area contributed by atoms with Gasteiger partial charge in [0.15, 0.2) is 4.77 Å². The quantitative estimate of drug-likeness (QED) is 0.861. The summed E-state index contributed by atoms with van der Waals surface area (Å²) in [6, 6.07) is 7.17. The van der Waals surface area contributed by atoms with Gasteiger partial charge in [0.2, 0.25) is 0 Å². The Balaban J connectivity index is 2.08. The molecule has 1 fully saturated rings. The fourth-order valence-corrected chi connectivity index (χ4v) is 3.50. The van der Waals surface area contributed by atoms with Crippen LogP contribution in [0.1, 0.15) is 25.8 Å². The fourth-order valence-electron chi connectivity index (χ4n) is 3.15. The molecule has 2 unspecified atom stereocenters. The first-order chi connectivity index (χ1) is 9.61. The van der Waals surface area contributed by atoms with Crippen LogP contribution < -0.4 is 4.74 Å². The number of aromatic nitrogens is 2. The van der Waals surface area contributed by atoms with E-state index in [1.165, 1.54) is 0 Å². The van der Waals surface area contributed by atoms with E-state index in [-0.39, 0.29) is 0 Å². The van der Waals surface area contributed by atoms with Crippen molar-refractivity contribution in [2.45, 2.75) is 31.8 Å². The molecule has 0 aliphatic carbocycles. The van der Waals surface area contributed by atoms with E-state index in [9.17, 15) is 0 Å². The van der Waals surface area contributed by atoms with Crippen LogP contribution in [0.15, 0.2) is 18.2 Å². The maximum Gasteiger partial charge on any atom is 0.178 e. The van der Waals surface area contributed by atoms with Crippen LogP contribution in [0, 0.1) is 4.77 Å². The number of H-pyrrole nitrogens is 1. The van der Waals surface area contributed by atoms with Gasteiger partial charge in [-0.3, -0.25) is 0 Å². The number of benzene rings is 1. The standard InChI is InChI=1S/C15H21N3OS/c1-10-9-11(7-8-17(10)2)18-12-5-4-6-13(19-3)14(12)16-15(18)20/h4-6,10-11H,7-9H2,1-3H3,(H,16,20). The number of imidazole rings is 1. The molecule has 1 aromatic heterocycles. The Bertz CT molecular complexity index is 675. The van der Waals surface area contributed by atoms with Crippen molar-refractivity contribution in [2.24, 2.45) is 0 Å². The second-order valence-electron chi connectivity index (χ2n) is 5.66. The van der Waals surface area contributed by atoms with Crippen molar-refractivity contribution in [3.8, 4) is 5.75 Å². The van der Waals surface area contributed by atoms with Crippen LogP contribution in [-0.4, -0.2) is 41.2 Å². The number of likely N-dealkylation sites (tertiary alicyclic amines) is 1. The van der Waals surface area contributed by atoms with Crippen LogP contribution in [0.5, 0.6) is 5.75 Å². The van der Waals surface area contributed by atoms with Gasteiger partial charge in [0.1, 0.15) is 11.3 Å². The Morgan fingerprint density at radius 2 is 2.20 bits per heavy atom. The lowest BCUT2D eigenvalue weighted by Gasteiger charge is -2.35. The average molecular weight is 291 g/mol. The van der Waals surface area contributed by atoms with Crippen LogP contribution in [0.2, 0.25) is 0 Å². The molecule has 0 radical (unpaired) electrons. The number of nitrogens with one attached hydrogen (secondary N) is 1. The van der Waals surface area contributed by atoms with Crippen LogP contribution >= 0.6 is 12.2 Å². The lowest BCUT2D eigenvalue weighted by atomic mass is 9.98. The monoisotopic (exact) mass is 291 g/mol. The Morgan fingerprint density at radius 1 is 1.40 bits per heavy atom. The summed E-state index contributed by atoms with van der Waals surface area (Å²) < 4.78 is 8.49. The molecule has 3 rings (SSSR count). The maximum absolute atomic E-state index is 5.55. The molecular formula is C15H21N3OS. The van der Waals surface area contributed by atoms with Crippen LogP contribution in [0.3, 0.4) is 0 Å². The minimum Gasteiger partial charge on any atom is -0.494 e. The van der Waals surface area contributed by atoms with Gasteiger partial charge in [-0.1, -0.05) is 6.07 Å². The van der Waals surface area contributed by atoms with Crippen molar-refractivity contribution in [3.05, 3.63) is 23.0 Å². The van der Waals surface area contributed by atoms with E-state index in [2.05, 4.69) is 34.5 Å². The number of methoxy groups -OCH3 is 1. The van der Waals surface area contributed by atoms with Gasteiger partial charge in [-0.25, -0.2) is 0 Å². The molecule has 5 heteroatoms. The van der Waals surface area contributed by atoms with Gasteiger partial charge in [-0.05, 0) is 51.2 Å². The molecule has 0 bridgehead atoms. The summed E-state index contributed by atoms with van der Waals surface area (Å²) >= 11 is 5.55. The molecule has 1 aromatic carbocycles. The Kier molecular flexibility index (Phi) is 3.56. The smallest absolute Gasteiger partial charge is 0.178 e. The zero-order valence-electron chi connectivity index (χ0n) is 12.2. The Labute approximate surface area is 124 Å². The van der Waals surface area contributed by atoms with Gasteiger partial charge >= 0.3 is 0 Å². The number of aromatic amines is 1. The number of para-hydroxylation sites is 1. The molecule has 2 atom stereocenters. The number of nitrogens with zero attached hydrogens (tertiary/aromatic N) is 2. The lowest BCUT2D eigenvalue weighted by molar-refractivity contribution is 0.158. The van der Waals surface area contributed by atoms with E-state index < -0.39 is 0 Å². The second-order valence-corrected chi connectivity index (χ2v) is 6.05. The van der Waals surface area contributed by atoms with Crippen LogP contribution in [0.4, 0.5) is 0 Å². The molecule has 20 heavy (non-hydrogen) atoms. The topological polar surface area (TPSA) is 33.2 Å². The molecular weight excluding hydrogens is 270 g/mol. The molecule has 1 saturated heterocycles. The highest BCUT2D eigenvalue weighted by molar-refractivity contribution is 7.71. The van der Waals surface area contributed by atoms with Gasteiger partial charge in [-0.2, -0.15) is 0 Å². The molecule has 1 aliphatic rings. The van der Waals surface area contributed by atoms with E-state index in [0.717, 1.165) is 40.9 Å². The van der Waals surface area contributed by atoms with Gasteiger partial charge in [0.25, 0.3) is 0 Å². The van der Waals surface area contributed by atoms with E-state index in [1.54, 1.807) is 7.11 Å². The lowest BCUT2D eigenvalue weighted by Crippen LogP contribution is -2.38. The third-order valence-electron chi connectivity index (χ3n) is 4.48. The van der Waals surface area contributed by atoms with E-state index >= 15 is 0 Å². The zero-order chi connectivity index (χ0) is 14.3. The first-order valence-corrected chi connectivity index (χ1v) is 7.50. The minimum absolute atomic E-state index is 0.467.